The minimum Gasteiger partial charge on any atom is -0.484 e. The van der Waals surface area contributed by atoms with Crippen molar-refractivity contribution in [3.05, 3.63) is 24.4 Å². The van der Waals surface area contributed by atoms with E-state index in [2.05, 4.69) is 15.7 Å². The summed E-state index contributed by atoms with van der Waals surface area (Å²) in [6.45, 7) is 2.23. The van der Waals surface area contributed by atoms with Gasteiger partial charge in [0.15, 0.2) is 4.90 Å². The van der Waals surface area contributed by atoms with Crippen LogP contribution in [0.2, 0.25) is 0 Å². The SMILES string of the molecule is CCn1cc(S(=O)(=O)N2C[C@H](CNC(C)=O)Oc3ccc(NC(=O)O)cc32)c(OC[C@@H](O)CO)n1. The van der Waals surface area contributed by atoms with E-state index in [0.717, 1.165) is 4.31 Å². The third-order valence-corrected chi connectivity index (χ3v) is 6.69. The van der Waals surface area contributed by atoms with Crippen LogP contribution >= 0.6 is 0 Å². The summed E-state index contributed by atoms with van der Waals surface area (Å²) in [6.07, 6.45) is -2.05. The monoisotopic (exact) mass is 513 g/mol. The van der Waals surface area contributed by atoms with E-state index in [1.165, 1.54) is 36.0 Å². The molecule has 35 heavy (non-hydrogen) atoms. The summed E-state index contributed by atoms with van der Waals surface area (Å²) >= 11 is 0. The Kier molecular flexibility index (Phi) is 8.03. The van der Waals surface area contributed by atoms with Gasteiger partial charge in [-0.3, -0.25) is 19.1 Å². The number of carbonyl (C=O) groups is 2. The molecular weight excluding hydrogens is 486 g/mol. The zero-order chi connectivity index (χ0) is 25.8. The summed E-state index contributed by atoms with van der Waals surface area (Å²) in [4.78, 5) is 22.2. The Balaban J connectivity index is 2.05. The maximum atomic E-state index is 13.8. The molecule has 0 radical (unpaired) electrons. The molecular formula is C20H27N5O9S. The molecule has 0 saturated carbocycles. The van der Waals surface area contributed by atoms with E-state index in [0.29, 0.717) is 6.54 Å². The first-order chi connectivity index (χ1) is 16.5. The molecule has 14 nitrogen and oxygen atoms in total. The average molecular weight is 514 g/mol. The molecule has 192 valence electrons. The molecule has 1 aliphatic heterocycles. The molecule has 1 aromatic heterocycles. The first-order valence-corrected chi connectivity index (χ1v) is 12.1. The molecule has 3 rings (SSSR count). The maximum absolute atomic E-state index is 13.8. The number of aliphatic hydroxyl groups is 2. The zero-order valence-electron chi connectivity index (χ0n) is 19.0. The van der Waals surface area contributed by atoms with Crippen LogP contribution in [0.4, 0.5) is 16.2 Å². The quantitative estimate of drug-likeness (QED) is 0.284. The predicted octanol–water partition coefficient (Wildman–Crippen LogP) is -0.183. The Labute approximate surface area is 201 Å². The van der Waals surface area contributed by atoms with Crippen molar-refractivity contribution >= 4 is 33.4 Å². The highest BCUT2D eigenvalue weighted by Crippen LogP contribution is 2.40. The molecule has 0 unspecified atom stereocenters. The van der Waals surface area contributed by atoms with Crippen LogP contribution in [0.1, 0.15) is 13.8 Å². The lowest BCUT2D eigenvalue weighted by atomic mass is 10.2. The minimum absolute atomic E-state index is 0.0240. The number of hydrogen-bond acceptors (Lipinski definition) is 9. The fraction of sp³-hybridized carbons (Fsp3) is 0.450. The van der Waals surface area contributed by atoms with Crippen molar-refractivity contribution in [1.82, 2.24) is 15.1 Å². The summed E-state index contributed by atoms with van der Waals surface area (Å²) in [5.41, 5.74) is 0.188. The first-order valence-electron chi connectivity index (χ1n) is 10.6. The summed E-state index contributed by atoms with van der Waals surface area (Å²) < 4.78 is 41.3. The standard InChI is InChI=1S/C20H27N5O9S/c1-3-24-9-18(19(23-24)33-11-14(28)10-26)35(31,32)25-8-15(7-21-12(2)27)34-17-5-4-13(6-16(17)25)22-20(29)30/h4-6,9,14-15,22,26,28H,3,7-8,10-11H2,1-2H3,(H,21,27)(H,29,30)/t14-,15-/m0/s1. The lowest BCUT2D eigenvalue weighted by molar-refractivity contribution is -0.119. The van der Waals surface area contributed by atoms with Crippen molar-refractivity contribution in [2.75, 3.05) is 35.9 Å². The number of carbonyl (C=O) groups excluding carboxylic acids is 1. The fourth-order valence-electron chi connectivity index (χ4n) is 3.28. The smallest absolute Gasteiger partial charge is 0.409 e. The van der Waals surface area contributed by atoms with Crippen molar-refractivity contribution < 1.29 is 42.8 Å². The third kappa shape index (κ3) is 6.12. The Bertz CT molecular complexity index is 1180. The lowest BCUT2D eigenvalue weighted by Gasteiger charge is -2.35. The number of aryl methyl sites for hydroxylation is 1. The van der Waals surface area contributed by atoms with E-state index in [1.54, 1.807) is 6.92 Å². The molecule has 1 aliphatic rings. The normalized spacial score (nSPS) is 16.1. The Morgan fingerprint density at radius 3 is 2.74 bits per heavy atom. The molecule has 2 atom stereocenters. The van der Waals surface area contributed by atoms with Crippen molar-refractivity contribution in [1.29, 1.82) is 0 Å². The van der Waals surface area contributed by atoms with Gasteiger partial charge in [-0.05, 0) is 25.1 Å². The van der Waals surface area contributed by atoms with Gasteiger partial charge in [0.25, 0.3) is 15.9 Å². The van der Waals surface area contributed by atoms with Crippen LogP contribution in [-0.4, -0.2) is 84.0 Å². The highest BCUT2D eigenvalue weighted by atomic mass is 32.2. The van der Waals surface area contributed by atoms with Crippen LogP contribution in [0.5, 0.6) is 11.6 Å². The van der Waals surface area contributed by atoms with Gasteiger partial charge in [0, 0.05) is 25.4 Å². The van der Waals surface area contributed by atoms with E-state index in [9.17, 15) is 23.1 Å². The molecule has 0 aliphatic carbocycles. The molecule has 0 fully saturated rings. The fourth-order valence-corrected chi connectivity index (χ4v) is 4.85. The molecule has 5 N–H and O–H groups in total. The summed E-state index contributed by atoms with van der Waals surface area (Å²) in [5.74, 6) is -0.435. The topological polar surface area (TPSA) is 193 Å². The number of amides is 2. The number of aliphatic hydroxyl groups excluding tert-OH is 2. The number of ether oxygens (including phenoxy) is 2. The second kappa shape index (κ2) is 10.8. The summed E-state index contributed by atoms with van der Waals surface area (Å²) in [6, 6.07) is 4.15. The summed E-state index contributed by atoms with van der Waals surface area (Å²) in [7, 11) is -4.35. The first kappa shape index (κ1) is 26.1. The van der Waals surface area contributed by atoms with Gasteiger partial charge in [-0.25, -0.2) is 13.2 Å². The van der Waals surface area contributed by atoms with Crippen LogP contribution in [0, 0.1) is 0 Å². The van der Waals surface area contributed by atoms with Gasteiger partial charge in [-0.1, -0.05) is 0 Å². The second-order valence-corrected chi connectivity index (χ2v) is 9.46. The number of aromatic nitrogens is 2. The molecule has 2 heterocycles. The minimum atomic E-state index is -4.35. The molecule has 2 amide bonds. The number of fused-ring (bicyclic) bond motifs is 1. The predicted molar refractivity (Wildman–Crippen MR) is 122 cm³/mol. The number of hydrogen-bond donors (Lipinski definition) is 5. The van der Waals surface area contributed by atoms with Gasteiger partial charge in [-0.2, -0.15) is 0 Å². The Morgan fingerprint density at radius 1 is 1.37 bits per heavy atom. The molecule has 0 bridgehead atoms. The van der Waals surface area contributed by atoms with Crippen molar-refractivity contribution in [3.63, 3.8) is 0 Å². The highest BCUT2D eigenvalue weighted by Gasteiger charge is 2.38. The number of nitrogens with zero attached hydrogens (tertiary/aromatic N) is 3. The van der Waals surface area contributed by atoms with E-state index in [1.807, 2.05) is 0 Å². The van der Waals surface area contributed by atoms with E-state index >= 15 is 0 Å². The van der Waals surface area contributed by atoms with Gasteiger partial charge in [0.1, 0.15) is 24.6 Å². The van der Waals surface area contributed by atoms with Crippen LogP contribution in [0.25, 0.3) is 0 Å². The Morgan fingerprint density at radius 2 is 2.11 bits per heavy atom. The van der Waals surface area contributed by atoms with Gasteiger partial charge in [0.05, 0.1) is 25.4 Å². The number of carboxylic acid groups (broad SMARTS) is 1. The van der Waals surface area contributed by atoms with Gasteiger partial charge < -0.3 is 30.1 Å². The van der Waals surface area contributed by atoms with Crippen LogP contribution in [0.3, 0.4) is 0 Å². The van der Waals surface area contributed by atoms with Crippen LogP contribution in [0.15, 0.2) is 29.3 Å². The molecule has 2 aromatic rings. The number of nitrogens with one attached hydrogen (secondary N) is 2. The zero-order valence-corrected chi connectivity index (χ0v) is 19.9. The van der Waals surface area contributed by atoms with Gasteiger partial charge in [0.2, 0.25) is 5.91 Å². The molecule has 0 saturated heterocycles. The van der Waals surface area contributed by atoms with Crippen molar-refractivity contribution in [2.45, 2.75) is 37.5 Å². The van der Waals surface area contributed by atoms with E-state index in [-0.39, 0.29) is 46.9 Å². The number of sulfonamides is 1. The van der Waals surface area contributed by atoms with Crippen molar-refractivity contribution in [2.24, 2.45) is 0 Å². The molecule has 1 aromatic carbocycles. The largest absolute Gasteiger partial charge is 0.484 e. The number of anilines is 2. The Hall–Kier alpha value is -3.56. The van der Waals surface area contributed by atoms with E-state index < -0.39 is 41.5 Å². The highest BCUT2D eigenvalue weighted by molar-refractivity contribution is 7.93. The van der Waals surface area contributed by atoms with E-state index in [4.69, 9.17) is 19.7 Å². The average Bonchev–Trinajstić information content (AvgIpc) is 3.24. The van der Waals surface area contributed by atoms with Gasteiger partial charge in [-0.15, -0.1) is 5.10 Å². The van der Waals surface area contributed by atoms with Crippen molar-refractivity contribution in [3.8, 4) is 11.6 Å². The number of benzene rings is 1. The summed E-state index contributed by atoms with van der Waals surface area (Å²) in [5, 5.41) is 36.6. The lowest BCUT2D eigenvalue weighted by Crippen LogP contribution is -2.48. The third-order valence-electron chi connectivity index (χ3n) is 4.93. The second-order valence-electron chi connectivity index (χ2n) is 7.63. The molecule has 15 heteroatoms. The van der Waals surface area contributed by atoms with Crippen LogP contribution < -0.4 is 24.4 Å². The molecule has 0 spiro atoms. The maximum Gasteiger partial charge on any atom is 0.409 e. The van der Waals surface area contributed by atoms with Gasteiger partial charge >= 0.3 is 6.09 Å². The van der Waals surface area contributed by atoms with Crippen LogP contribution in [-0.2, 0) is 21.4 Å². The number of rotatable bonds is 10.